The molecule has 3 rings (SSSR count). The molecule has 1 heterocycles. The van der Waals surface area contributed by atoms with E-state index in [1.54, 1.807) is 23.9 Å². The molecule has 1 saturated heterocycles. The third-order valence-electron chi connectivity index (χ3n) is 5.00. The van der Waals surface area contributed by atoms with Gasteiger partial charge in [0.1, 0.15) is 0 Å². The van der Waals surface area contributed by atoms with Crippen LogP contribution in [0.25, 0.3) is 0 Å². The Morgan fingerprint density at radius 1 is 1.00 bits per heavy atom. The largest absolute Gasteiger partial charge is 0.355 e. The topological polar surface area (TPSA) is 66.5 Å². The number of carbonyl (C=O) groups excluding carboxylic acids is 1. The molecule has 2 aromatic rings. The molecule has 1 fully saturated rings. The maximum absolute atomic E-state index is 12.7. The zero-order valence-electron chi connectivity index (χ0n) is 16.4. The van der Waals surface area contributed by atoms with Gasteiger partial charge >= 0.3 is 0 Å². The molecule has 30 heavy (non-hydrogen) atoms. The molecule has 9 heteroatoms. The summed E-state index contributed by atoms with van der Waals surface area (Å²) in [6.07, 6.45) is 1.05. The fraction of sp³-hybridized carbons (Fsp3) is 0.381. The Hall–Kier alpha value is -1.25. The zero-order chi connectivity index (χ0) is 21.6. The monoisotopic (exact) mass is 486 g/mol. The van der Waals surface area contributed by atoms with Gasteiger partial charge in [-0.15, -0.1) is 0 Å². The second-order valence-electron chi connectivity index (χ2n) is 7.10. The van der Waals surface area contributed by atoms with Crippen molar-refractivity contribution in [3.05, 3.63) is 64.1 Å². The predicted molar refractivity (Wildman–Crippen MR) is 124 cm³/mol. The summed E-state index contributed by atoms with van der Waals surface area (Å²) >= 11 is 13.5. The first kappa shape index (κ1) is 23.4. The first-order valence-corrected chi connectivity index (χ1v) is 13.1. The zero-order valence-corrected chi connectivity index (χ0v) is 19.5. The number of sulfonamides is 1. The summed E-state index contributed by atoms with van der Waals surface area (Å²) in [4.78, 5) is 12.6. The fourth-order valence-corrected chi connectivity index (χ4v) is 5.82. The summed E-state index contributed by atoms with van der Waals surface area (Å²) in [5, 5.41) is 4.20. The molecular formula is C21H24Cl2N2O3S2. The van der Waals surface area contributed by atoms with Gasteiger partial charge in [-0.05, 0) is 54.8 Å². The number of hydrogen-bond acceptors (Lipinski definition) is 4. The normalized spacial score (nSPS) is 15.8. The molecule has 0 aromatic heterocycles. The van der Waals surface area contributed by atoms with Crippen molar-refractivity contribution < 1.29 is 13.2 Å². The van der Waals surface area contributed by atoms with Crippen LogP contribution in [0.4, 0.5) is 0 Å². The Morgan fingerprint density at radius 2 is 1.57 bits per heavy atom. The van der Waals surface area contributed by atoms with Crippen molar-refractivity contribution in [2.24, 2.45) is 5.92 Å². The number of nitrogens with one attached hydrogen (secondary N) is 1. The lowest BCUT2D eigenvalue weighted by atomic mass is 9.97. The third-order valence-corrected chi connectivity index (χ3v) is 8.45. The average Bonchev–Trinajstić information content (AvgIpc) is 2.75. The lowest BCUT2D eigenvalue weighted by molar-refractivity contribution is -0.125. The van der Waals surface area contributed by atoms with Crippen LogP contribution in [0.2, 0.25) is 10.0 Å². The summed E-state index contributed by atoms with van der Waals surface area (Å²) in [5.74, 6) is 1.54. The SMILES string of the molecule is O=C(NCCSCc1ccc(Cl)cc1)C1CCN(S(=O)(=O)c2ccc(Cl)cc2)CC1. The second-order valence-corrected chi connectivity index (χ2v) is 11.0. The Bertz CT molecular complexity index is 943. The Morgan fingerprint density at radius 3 is 2.17 bits per heavy atom. The molecule has 162 valence electrons. The number of hydrogen-bond donors (Lipinski definition) is 1. The average molecular weight is 487 g/mol. The highest BCUT2D eigenvalue weighted by molar-refractivity contribution is 7.98. The molecule has 0 atom stereocenters. The third kappa shape index (κ3) is 6.37. The van der Waals surface area contributed by atoms with Crippen LogP contribution < -0.4 is 5.32 Å². The van der Waals surface area contributed by atoms with Gasteiger partial charge in [0.25, 0.3) is 0 Å². The first-order chi connectivity index (χ1) is 14.4. The van der Waals surface area contributed by atoms with Crippen LogP contribution in [0, 0.1) is 5.92 Å². The van der Waals surface area contributed by atoms with Gasteiger partial charge in [-0.3, -0.25) is 4.79 Å². The standard InChI is InChI=1S/C21H24Cl2N2O3S2/c22-18-3-1-16(2-4-18)15-29-14-11-24-21(26)17-9-12-25(13-10-17)30(27,28)20-7-5-19(23)6-8-20/h1-8,17H,9-15H2,(H,24,26). The Labute approximate surface area is 192 Å². The van der Waals surface area contributed by atoms with Crippen LogP contribution in [0.5, 0.6) is 0 Å². The minimum absolute atomic E-state index is 0.00522. The van der Waals surface area contributed by atoms with Gasteiger partial charge in [-0.2, -0.15) is 16.1 Å². The minimum Gasteiger partial charge on any atom is -0.355 e. The van der Waals surface area contributed by atoms with E-state index < -0.39 is 10.0 Å². The summed E-state index contributed by atoms with van der Waals surface area (Å²) < 4.78 is 26.9. The van der Waals surface area contributed by atoms with E-state index in [1.807, 2.05) is 24.3 Å². The molecule has 2 aromatic carbocycles. The first-order valence-electron chi connectivity index (χ1n) is 9.72. The van der Waals surface area contributed by atoms with E-state index in [0.29, 0.717) is 37.5 Å². The van der Waals surface area contributed by atoms with Crippen molar-refractivity contribution in [3.63, 3.8) is 0 Å². The molecule has 0 aliphatic carbocycles. The van der Waals surface area contributed by atoms with Crippen molar-refractivity contribution >= 4 is 50.9 Å². The molecule has 0 spiro atoms. The van der Waals surface area contributed by atoms with Crippen molar-refractivity contribution in [2.45, 2.75) is 23.5 Å². The highest BCUT2D eigenvalue weighted by Gasteiger charge is 2.31. The molecular weight excluding hydrogens is 463 g/mol. The van der Waals surface area contributed by atoms with E-state index >= 15 is 0 Å². The molecule has 0 radical (unpaired) electrons. The molecule has 0 saturated carbocycles. The number of rotatable bonds is 8. The summed E-state index contributed by atoms with van der Waals surface area (Å²) in [6, 6.07) is 13.9. The smallest absolute Gasteiger partial charge is 0.243 e. The van der Waals surface area contributed by atoms with Crippen molar-refractivity contribution in [1.82, 2.24) is 9.62 Å². The van der Waals surface area contributed by atoms with E-state index in [-0.39, 0.29) is 16.7 Å². The molecule has 0 unspecified atom stereocenters. The highest BCUT2D eigenvalue weighted by atomic mass is 35.5. The van der Waals surface area contributed by atoms with E-state index in [1.165, 1.54) is 22.0 Å². The van der Waals surface area contributed by atoms with Gasteiger partial charge < -0.3 is 5.32 Å². The van der Waals surface area contributed by atoms with Gasteiger partial charge in [0.05, 0.1) is 4.90 Å². The molecule has 5 nitrogen and oxygen atoms in total. The van der Waals surface area contributed by atoms with Gasteiger partial charge in [0.2, 0.25) is 15.9 Å². The van der Waals surface area contributed by atoms with Gasteiger partial charge in [-0.25, -0.2) is 8.42 Å². The van der Waals surface area contributed by atoms with E-state index in [2.05, 4.69) is 5.32 Å². The van der Waals surface area contributed by atoms with Crippen molar-refractivity contribution in [2.75, 3.05) is 25.4 Å². The van der Waals surface area contributed by atoms with Crippen LogP contribution in [-0.2, 0) is 20.6 Å². The minimum atomic E-state index is -3.55. The maximum Gasteiger partial charge on any atom is 0.243 e. The van der Waals surface area contributed by atoms with E-state index in [9.17, 15) is 13.2 Å². The quantitative estimate of drug-likeness (QED) is 0.559. The number of amides is 1. The Kier molecular flexibility index (Phi) is 8.48. The summed E-state index contributed by atoms with van der Waals surface area (Å²) in [7, 11) is -3.55. The number of thioether (sulfide) groups is 1. The molecule has 1 aliphatic heterocycles. The van der Waals surface area contributed by atoms with E-state index in [0.717, 1.165) is 16.5 Å². The van der Waals surface area contributed by atoms with Crippen LogP contribution in [0.3, 0.4) is 0 Å². The summed E-state index contributed by atoms with van der Waals surface area (Å²) in [6.45, 7) is 1.28. The lowest BCUT2D eigenvalue weighted by Gasteiger charge is -2.30. The second kappa shape index (κ2) is 10.9. The molecule has 0 bridgehead atoms. The summed E-state index contributed by atoms with van der Waals surface area (Å²) in [5.41, 5.74) is 1.20. The molecule has 1 N–H and O–H groups in total. The van der Waals surface area contributed by atoms with E-state index in [4.69, 9.17) is 23.2 Å². The molecule has 1 aliphatic rings. The van der Waals surface area contributed by atoms with Gasteiger partial charge in [0, 0.05) is 47.1 Å². The number of piperidine rings is 1. The van der Waals surface area contributed by atoms with Crippen molar-refractivity contribution in [3.8, 4) is 0 Å². The van der Waals surface area contributed by atoms with Crippen molar-refractivity contribution in [1.29, 1.82) is 0 Å². The fourth-order valence-electron chi connectivity index (χ4n) is 3.28. The van der Waals surface area contributed by atoms with Crippen LogP contribution in [0.1, 0.15) is 18.4 Å². The lowest BCUT2D eigenvalue weighted by Crippen LogP contribution is -2.43. The Balaban J connectivity index is 1.38. The van der Waals surface area contributed by atoms with Crippen LogP contribution in [0.15, 0.2) is 53.4 Å². The molecule has 1 amide bonds. The predicted octanol–water partition coefficient (Wildman–Crippen LogP) is 4.44. The highest BCUT2D eigenvalue weighted by Crippen LogP contribution is 2.25. The van der Waals surface area contributed by atoms with Crippen LogP contribution in [-0.4, -0.2) is 44.0 Å². The van der Waals surface area contributed by atoms with Gasteiger partial charge in [0.15, 0.2) is 0 Å². The number of halogens is 2. The number of benzene rings is 2. The van der Waals surface area contributed by atoms with Crippen LogP contribution >= 0.6 is 35.0 Å². The maximum atomic E-state index is 12.7. The number of carbonyl (C=O) groups is 1. The number of nitrogens with zero attached hydrogens (tertiary/aromatic N) is 1. The van der Waals surface area contributed by atoms with Gasteiger partial charge in [-0.1, -0.05) is 35.3 Å².